The van der Waals surface area contributed by atoms with Crippen LogP contribution in [-0.4, -0.2) is 32.9 Å². The van der Waals surface area contributed by atoms with Crippen LogP contribution in [0.15, 0.2) is 42.6 Å². The molecular formula is C20H19N3O. The normalized spacial score (nSPS) is 17.4. The number of hydrogen-bond acceptors (Lipinski definition) is 2. The number of hydrogen-bond donors (Lipinski definition) is 0. The summed E-state index contributed by atoms with van der Waals surface area (Å²) in [5, 5.41) is 0. The van der Waals surface area contributed by atoms with Crippen LogP contribution in [-0.2, 0) is 6.54 Å². The molecule has 1 aliphatic carbocycles. The van der Waals surface area contributed by atoms with Gasteiger partial charge in [0.05, 0.1) is 11.0 Å². The van der Waals surface area contributed by atoms with Crippen molar-refractivity contribution in [1.82, 2.24) is 14.5 Å². The fourth-order valence-corrected chi connectivity index (χ4v) is 3.92. The van der Waals surface area contributed by atoms with Gasteiger partial charge >= 0.3 is 0 Å². The van der Waals surface area contributed by atoms with Crippen LogP contribution in [0.25, 0.3) is 22.2 Å². The van der Waals surface area contributed by atoms with Gasteiger partial charge in [-0.15, -0.1) is 0 Å². The minimum absolute atomic E-state index is 0.167. The lowest BCUT2D eigenvalue weighted by atomic mass is 9.99. The first-order valence-electron chi connectivity index (χ1n) is 8.60. The molecule has 2 aliphatic rings. The van der Waals surface area contributed by atoms with Crippen molar-refractivity contribution in [3.05, 3.63) is 53.9 Å². The Bertz CT molecular complexity index is 968. The second kappa shape index (κ2) is 4.94. The van der Waals surface area contributed by atoms with Crippen molar-refractivity contribution in [2.24, 2.45) is 0 Å². The zero-order valence-corrected chi connectivity index (χ0v) is 13.7. The molecule has 0 N–H and O–H groups in total. The van der Waals surface area contributed by atoms with Crippen molar-refractivity contribution in [1.29, 1.82) is 0 Å². The van der Waals surface area contributed by atoms with Crippen molar-refractivity contribution < 1.29 is 4.79 Å². The monoisotopic (exact) mass is 317 g/mol. The summed E-state index contributed by atoms with van der Waals surface area (Å²) in [5.41, 5.74) is 6.10. The van der Waals surface area contributed by atoms with Gasteiger partial charge < -0.3 is 9.47 Å². The second-order valence-electron chi connectivity index (χ2n) is 6.79. The molecule has 120 valence electrons. The van der Waals surface area contributed by atoms with E-state index in [-0.39, 0.29) is 5.91 Å². The molecule has 0 saturated heterocycles. The molecule has 4 nitrogen and oxygen atoms in total. The van der Waals surface area contributed by atoms with Crippen LogP contribution in [0.4, 0.5) is 0 Å². The van der Waals surface area contributed by atoms with E-state index in [0.717, 1.165) is 53.8 Å². The Morgan fingerprint density at radius 1 is 1.08 bits per heavy atom. The largest absolute Gasteiger partial charge is 0.333 e. The van der Waals surface area contributed by atoms with E-state index < -0.39 is 0 Å². The summed E-state index contributed by atoms with van der Waals surface area (Å²) in [4.78, 5) is 19.9. The minimum Gasteiger partial charge on any atom is -0.333 e. The lowest BCUT2D eigenvalue weighted by Gasteiger charge is -2.29. The van der Waals surface area contributed by atoms with Crippen molar-refractivity contribution in [3.8, 4) is 11.1 Å². The number of aromatic nitrogens is 2. The summed E-state index contributed by atoms with van der Waals surface area (Å²) in [6.45, 7) is 3.76. The van der Waals surface area contributed by atoms with Gasteiger partial charge in [0.2, 0.25) is 0 Å². The van der Waals surface area contributed by atoms with Gasteiger partial charge in [-0.05, 0) is 43.0 Å². The van der Waals surface area contributed by atoms with Crippen molar-refractivity contribution in [2.75, 3.05) is 6.54 Å². The van der Waals surface area contributed by atoms with E-state index in [1.54, 1.807) is 0 Å². The lowest BCUT2D eigenvalue weighted by Crippen LogP contribution is -2.41. The highest BCUT2D eigenvalue weighted by atomic mass is 16.2. The van der Waals surface area contributed by atoms with Gasteiger partial charge in [-0.2, -0.15) is 0 Å². The third-order valence-corrected chi connectivity index (χ3v) is 5.25. The molecule has 3 aromatic rings. The minimum atomic E-state index is 0.167. The Morgan fingerprint density at radius 2 is 1.92 bits per heavy atom. The summed E-state index contributed by atoms with van der Waals surface area (Å²) in [5.74, 6) is 0.167. The van der Waals surface area contributed by atoms with Gasteiger partial charge in [0.15, 0.2) is 0 Å². The van der Waals surface area contributed by atoms with Crippen molar-refractivity contribution in [2.45, 2.75) is 32.4 Å². The fraction of sp³-hybridized carbons (Fsp3) is 0.300. The number of carbonyl (C=O) groups excluding carboxylic acids is 1. The predicted molar refractivity (Wildman–Crippen MR) is 94.0 cm³/mol. The Balaban J connectivity index is 1.83. The highest BCUT2D eigenvalue weighted by Gasteiger charge is 2.39. The molecule has 1 aliphatic heterocycles. The summed E-state index contributed by atoms with van der Waals surface area (Å²) >= 11 is 0. The predicted octanol–water partition coefficient (Wildman–Crippen LogP) is 3.63. The molecule has 2 aromatic heterocycles. The average Bonchev–Trinajstić information content (AvgIpc) is 3.38. The van der Waals surface area contributed by atoms with Crippen LogP contribution in [0.5, 0.6) is 0 Å². The molecule has 1 fully saturated rings. The van der Waals surface area contributed by atoms with Gasteiger partial charge in [-0.25, -0.2) is 0 Å². The van der Waals surface area contributed by atoms with E-state index in [1.807, 2.05) is 24.4 Å². The van der Waals surface area contributed by atoms with Crippen LogP contribution in [0, 0.1) is 6.92 Å². The summed E-state index contributed by atoms with van der Waals surface area (Å²) < 4.78 is 2.17. The molecular weight excluding hydrogens is 298 g/mol. The zero-order valence-electron chi connectivity index (χ0n) is 13.7. The third-order valence-electron chi connectivity index (χ3n) is 5.25. The van der Waals surface area contributed by atoms with Crippen LogP contribution in [0.3, 0.4) is 0 Å². The maximum atomic E-state index is 13.3. The molecule has 1 amide bonds. The lowest BCUT2D eigenvalue weighted by molar-refractivity contribution is 0.0694. The number of carbonyl (C=O) groups is 1. The molecule has 3 heterocycles. The standard InChI is InChI=1S/C20H19N3O/c1-13-5-2-3-6-15(13)17-18-16(7-4-10-21-18)23-12-11-22(14-8-9-14)20(24)19(17)23/h2-7,10,14H,8-9,11-12H2,1H3. The average molecular weight is 317 g/mol. The summed E-state index contributed by atoms with van der Waals surface area (Å²) in [6, 6.07) is 12.7. The first kappa shape index (κ1) is 13.8. The quantitative estimate of drug-likeness (QED) is 0.724. The van der Waals surface area contributed by atoms with Crippen molar-refractivity contribution in [3.63, 3.8) is 0 Å². The smallest absolute Gasteiger partial charge is 0.271 e. The molecule has 1 saturated carbocycles. The fourth-order valence-electron chi connectivity index (χ4n) is 3.92. The van der Waals surface area contributed by atoms with E-state index in [0.29, 0.717) is 6.04 Å². The molecule has 1 aromatic carbocycles. The SMILES string of the molecule is Cc1ccccc1-c1c2n(c3cccnc13)CCN(C1CC1)C2=O. The van der Waals surface area contributed by atoms with Gasteiger partial charge in [0.1, 0.15) is 5.69 Å². The van der Waals surface area contributed by atoms with Gasteiger partial charge in [-0.3, -0.25) is 9.78 Å². The summed E-state index contributed by atoms with van der Waals surface area (Å²) in [7, 11) is 0. The molecule has 5 rings (SSSR count). The molecule has 0 spiro atoms. The molecule has 0 radical (unpaired) electrons. The van der Waals surface area contributed by atoms with E-state index in [2.05, 4.69) is 39.6 Å². The third kappa shape index (κ3) is 1.86. The molecule has 0 bridgehead atoms. The Hall–Kier alpha value is -2.62. The Labute approximate surface area is 140 Å². The second-order valence-corrected chi connectivity index (χ2v) is 6.79. The van der Waals surface area contributed by atoms with E-state index >= 15 is 0 Å². The first-order valence-corrected chi connectivity index (χ1v) is 8.60. The Morgan fingerprint density at radius 3 is 2.71 bits per heavy atom. The van der Waals surface area contributed by atoms with Crippen LogP contribution >= 0.6 is 0 Å². The number of amides is 1. The number of aryl methyl sites for hydroxylation is 1. The number of rotatable bonds is 2. The van der Waals surface area contributed by atoms with E-state index in [9.17, 15) is 4.79 Å². The molecule has 4 heteroatoms. The number of pyridine rings is 1. The van der Waals surface area contributed by atoms with Gasteiger partial charge in [0, 0.05) is 30.9 Å². The number of nitrogens with zero attached hydrogens (tertiary/aromatic N) is 3. The van der Waals surface area contributed by atoms with Crippen LogP contribution < -0.4 is 0 Å². The topological polar surface area (TPSA) is 38.1 Å². The Kier molecular flexibility index (Phi) is 2.84. The molecule has 0 unspecified atom stereocenters. The number of fused-ring (bicyclic) bond motifs is 3. The van der Waals surface area contributed by atoms with Crippen molar-refractivity contribution >= 4 is 16.9 Å². The van der Waals surface area contributed by atoms with E-state index in [4.69, 9.17) is 0 Å². The zero-order chi connectivity index (χ0) is 16.3. The number of benzene rings is 1. The maximum Gasteiger partial charge on any atom is 0.271 e. The van der Waals surface area contributed by atoms with Gasteiger partial charge in [-0.1, -0.05) is 24.3 Å². The van der Waals surface area contributed by atoms with Gasteiger partial charge in [0.25, 0.3) is 5.91 Å². The van der Waals surface area contributed by atoms with Crippen LogP contribution in [0.1, 0.15) is 28.9 Å². The first-order chi connectivity index (χ1) is 11.8. The molecule has 0 atom stereocenters. The van der Waals surface area contributed by atoms with Crippen LogP contribution in [0.2, 0.25) is 0 Å². The van der Waals surface area contributed by atoms with E-state index in [1.165, 1.54) is 5.56 Å². The summed E-state index contributed by atoms with van der Waals surface area (Å²) in [6.07, 6.45) is 4.10. The highest BCUT2D eigenvalue weighted by molar-refractivity contribution is 6.10. The highest BCUT2D eigenvalue weighted by Crippen LogP contribution is 2.39. The molecule has 24 heavy (non-hydrogen) atoms. The maximum absolute atomic E-state index is 13.3.